The summed E-state index contributed by atoms with van der Waals surface area (Å²) in [5, 5.41) is 0. The van der Waals surface area contributed by atoms with Gasteiger partial charge in [-0.3, -0.25) is 14.4 Å². The highest BCUT2D eigenvalue weighted by atomic mass is 16.2. The van der Waals surface area contributed by atoms with Gasteiger partial charge in [0.2, 0.25) is 11.8 Å². The van der Waals surface area contributed by atoms with E-state index in [1.54, 1.807) is 0 Å². The highest BCUT2D eigenvalue weighted by molar-refractivity contribution is 5.98. The number of rotatable bonds is 4. The minimum absolute atomic E-state index is 0.00926. The zero-order valence-corrected chi connectivity index (χ0v) is 17.2. The lowest BCUT2D eigenvalue weighted by Crippen LogP contribution is -2.51. The van der Waals surface area contributed by atoms with Crippen molar-refractivity contribution in [3.63, 3.8) is 0 Å². The number of benzene rings is 1. The van der Waals surface area contributed by atoms with E-state index in [-0.39, 0.29) is 35.5 Å². The largest absolute Gasteiger partial charge is 0.341 e. The summed E-state index contributed by atoms with van der Waals surface area (Å²) in [6, 6.07) is 9.15. The molecular formula is C24H32N2O3. The van der Waals surface area contributed by atoms with E-state index in [0.29, 0.717) is 32.5 Å². The monoisotopic (exact) mass is 396 g/mol. The van der Waals surface area contributed by atoms with Gasteiger partial charge < -0.3 is 9.80 Å². The number of hydrogen-bond donors (Lipinski definition) is 0. The van der Waals surface area contributed by atoms with Gasteiger partial charge in [-0.25, -0.2) is 0 Å². The molecule has 1 atom stereocenters. The van der Waals surface area contributed by atoms with Crippen molar-refractivity contribution >= 4 is 17.6 Å². The average Bonchev–Trinajstić information content (AvgIpc) is 3.29. The lowest BCUT2D eigenvalue weighted by molar-refractivity contribution is -0.147. The normalized spacial score (nSPS) is 23.9. The van der Waals surface area contributed by atoms with Crippen LogP contribution in [-0.4, -0.2) is 53.1 Å². The zero-order valence-electron chi connectivity index (χ0n) is 17.2. The quantitative estimate of drug-likeness (QED) is 0.730. The number of amides is 2. The van der Waals surface area contributed by atoms with Crippen LogP contribution >= 0.6 is 0 Å². The Labute approximate surface area is 173 Å². The van der Waals surface area contributed by atoms with Gasteiger partial charge in [-0.15, -0.1) is 0 Å². The molecule has 5 nitrogen and oxygen atoms in total. The number of Topliss-reactive ketones (excluding diaryl/α,β-unsaturated/α-hetero) is 1. The smallest absolute Gasteiger partial charge is 0.245 e. The van der Waals surface area contributed by atoms with Crippen molar-refractivity contribution in [3.05, 3.63) is 35.9 Å². The molecule has 1 aliphatic carbocycles. The number of likely N-dealkylation sites (tertiary alicyclic amines) is 2. The molecule has 5 heteroatoms. The van der Waals surface area contributed by atoms with E-state index < -0.39 is 0 Å². The molecule has 1 unspecified atom stereocenters. The summed E-state index contributed by atoms with van der Waals surface area (Å²) in [6.07, 6.45) is 8.55. The first-order chi connectivity index (χ1) is 14.1. The summed E-state index contributed by atoms with van der Waals surface area (Å²) in [6.45, 7) is 1.95. The third-order valence-corrected chi connectivity index (χ3v) is 7.01. The second-order valence-electron chi connectivity index (χ2n) is 8.85. The van der Waals surface area contributed by atoms with Gasteiger partial charge in [-0.2, -0.15) is 0 Å². The Morgan fingerprint density at radius 2 is 1.38 bits per heavy atom. The number of hydrogen-bond acceptors (Lipinski definition) is 3. The topological polar surface area (TPSA) is 57.7 Å². The molecule has 2 saturated heterocycles. The van der Waals surface area contributed by atoms with Crippen LogP contribution in [0, 0.1) is 11.8 Å². The van der Waals surface area contributed by atoms with Crippen LogP contribution in [-0.2, 0) is 9.59 Å². The maximum atomic E-state index is 13.2. The average molecular weight is 397 g/mol. The molecule has 0 radical (unpaired) electrons. The van der Waals surface area contributed by atoms with Gasteiger partial charge >= 0.3 is 0 Å². The molecule has 0 aromatic heterocycles. The van der Waals surface area contributed by atoms with E-state index in [1.165, 1.54) is 6.42 Å². The summed E-state index contributed by atoms with van der Waals surface area (Å²) in [7, 11) is 0. The fraction of sp³-hybridized carbons (Fsp3) is 0.625. The third kappa shape index (κ3) is 4.39. The van der Waals surface area contributed by atoms with Crippen molar-refractivity contribution in [2.24, 2.45) is 11.8 Å². The lowest BCUT2D eigenvalue weighted by Gasteiger charge is -2.36. The van der Waals surface area contributed by atoms with Crippen molar-refractivity contribution in [2.75, 3.05) is 19.6 Å². The molecule has 4 rings (SSSR count). The minimum atomic E-state index is -0.286. The molecule has 0 N–H and O–H groups in total. The SMILES string of the molecule is O=C(c1ccccc1)C1CCN(C(=O)C2CCCN2C(=O)C2CCCCC2)CC1. The van der Waals surface area contributed by atoms with Crippen molar-refractivity contribution < 1.29 is 14.4 Å². The fourth-order valence-corrected chi connectivity index (χ4v) is 5.28. The Morgan fingerprint density at radius 3 is 2.07 bits per heavy atom. The van der Waals surface area contributed by atoms with E-state index in [0.717, 1.165) is 44.1 Å². The molecule has 1 saturated carbocycles. The van der Waals surface area contributed by atoms with Crippen LogP contribution in [0.3, 0.4) is 0 Å². The number of nitrogens with zero attached hydrogens (tertiary/aromatic N) is 2. The predicted molar refractivity (Wildman–Crippen MR) is 111 cm³/mol. The van der Waals surface area contributed by atoms with Crippen molar-refractivity contribution in [3.8, 4) is 0 Å². The summed E-state index contributed by atoms with van der Waals surface area (Å²) in [5.41, 5.74) is 0.761. The van der Waals surface area contributed by atoms with Crippen LogP contribution in [0.4, 0.5) is 0 Å². The van der Waals surface area contributed by atoms with Gasteiger partial charge in [0.05, 0.1) is 0 Å². The van der Waals surface area contributed by atoms with Crippen LogP contribution in [0.25, 0.3) is 0 Å². The van der Waals surface area contributed by atoms with Gasteiger partial charge in [-0.05, 0) is 38.5 Å². The second-order valence-corrected chi connectivity index (χ2v) is 8.85. The Kier molecular flexibility index (Phi) is 6.31. The number of ketones is 1. The molecule has 2 heterocycles. The molecule has 1 aromatic rings. The Bertz CT molecular complexity index is 734. The zero-order chi connectivity index (χ0) is 20.2. The molecule has 2 aliphatic heterocycles. The van der Waals surface area contributed by atoms with Crippen LogP contribution in [0.1, 0.15) is 68.1 Å². The van der Waals surface area contributed by atoms with Crippen molar-refractivity contribution in [1.29, 1.82) is 0 Å². The molecule has 29 heavy (non-hydrogen) atoms. The molecule has 1 aromatic carbocycles. The van der Waals surface area contributed by atoms with Crippen LogP contribution in [0.15, 0.2) is 30.3 Å². The molecule has 0 bridgehead atoms. The van der Waals surface area contributed by atoms with E-state index in [1.807, 2.05) is 40.1 Å². The molecule has 3 fully saturated rings. The van der Waals surface area contributed by atoms with Crippen LogP contribution in [0.2, 0.25) is 0 Å². The first-order valence-electron chi connectivity index (χ1n) is 11.3. The maximum absolute atomic E-state index is 13.2. The Morgan fingerprint density at radius 1 is 0.690 bits per heavy atom. The number of carbonyl (C=O) groups is 3. The number of piperidine rings is 1. The lowest BCUT2D eigenvalue weighted by atomic mass is 9.87. The minimum Gasteiger partial charge on any atom is -0.341 e. The third-order valence-electron chi connectivity index (χ3n) is 7.01. The molecule has 2 amide bonds. The van der Waals surface area contributed by atoms with Gasteiger partial charge in [0.1, 0.15) is 6.04 Å². The molecular weight excluding hydrogens is 364 g/mol. The summed E-state index contributed by atoms with van der Waals surface area (Å²) < 4.78 is 0. The van der Waals surface area contributed by atoms with E-state index in [9.17, 15) is 14.4 Å². The van der Waals surface area contributed by atoms with Gasteiger partial charge in [0.25, 0.3) is 0 Å². The molecule has 3 aliphatic rings. The van der Waals surface area contributed by atoms with E-state index in [4.69, 9.17) is 0 Å². The first kappa shape index (κ1) is 20.1. The van der Waals surface area contributed by atoms with Crippen LogP contribution < -0.4 is 0 Å². The Balaban J connectivity index is 1.34. The van der Waals surface area contributed by atoms with E-state index >= 15 is 0 Å². The van der Waals surface area contributed by atoms with Gasteiger partial charge in [0, 0.05) is 37.0 Å². The van der Waals surface area contributed by atoms with Gasteiger partial charge in [0.15, 0.2) is 5.78 Å². The highest BCUT2D eigenvalue weighted by Gasteiger charge is 2.40. The standard InChI is InChI=1S/C24H32N2O3/c27-22(18-8-3-1-4-9-18)19-13-16-25(17-14-19)24(29)21-12-7-15-26(21)23(28)20-10-5-2-6-11-20/h1,3-4,8-9,19-21H,2,5-7,10-17H2. The first-order valence-corrected chi connectivity index (χ1v) is 11.3. The molecule has 156 valence electrons. The van der Waals surface area contributed by atoms with Crippen LogP contribution in [0.5, 0.6) is 0 Å². The fourth-order valence-electron chi connectivity index (χ4n) is 5.28. The molecule has 0 spiro atoms. The number of carbonyl (C=O) groups excluding carboxylic acids is 3. The van der Waals surface area contributed by atoms with Crippen molar-refractivity contribution in [1.82, 2.24) is 9.80 Å². The highest BCUT2D eigenvalue weighted by Crippen LogP contribution is 2.30. The maximum Gasteiger partial charge on any atom is 0.245 e. The Hall–Kier alpha value is -2.17. The van der Waals surface area contributed by atoms with Gasteiger partial charge in [-0.1, -0.05) is 49.6 Å². The summed E-state index contributed by atoms with van der Waals surface area (Å²) >= 11 is 0. The van der Waals surface area contributed by atoms with Crippen molar-refractivity contribution in [2.45, 2.75) is 63.8 Å². The summed E-state index contributed by atoms with van der Waals surface area (Å²) in [5.74, 6) is 0.594. The summed E-state index contributed by atoms with van der Waals surface area (Å²) in [4.78, 5) is 42.7. The predicted octanol–water partition coefficient (Wildman–Crippen LogP) is 3.68. The van der Waals surface area contributed by atoms with E-state index in [2.05, 4.69) is 0 Å². The second kappa shape index (κ2) is 9.10.